The number of piperidine rings is 1. The maximum Gasteiger partial charge on any atom is 0.227 e. The monoisotopic (exact) mass is 137 g/mol. The summed E-state index contributed by atoms with van der Waals surface area (Å²) < 4.78 is 0. The third kappa shape index (κ3) is 1.08. The molecule has 1 saturated heterocycles. The van der Waals surface area contributed by atoms with Crippen molar-refractivity contribution in [3.8, 4) is 0 Å². The summed E-state index contributed by atoms with van der Waals surface area (Å²) in [5.41, 5.74) is 0.947. The second kappa shape index (κ2) is 2.49. The van der Waals surface area contributed by atoms with Crippen molar-refractivity contribution < 1.29 is 4.79 Å². The van der Waals surface area contributed by atoms with Gasteiger partial charge in [-0.3, -0.25) is 4.79 Å². The minimum absolute atomic E-state index is 0.190. The summed E-state index contributed by atoms with van der Waals surface area (Å²) in [6, 6.07) is 0. The summed E-state index contributed by atoms with van der Waals surface area (Å²) in [6.45, 7) is 5.75. The molecule has 1 amide bonds. The van der Waals surface area contributed by atoms with Crippen LogP contribution in [-0.2, 0) is 4.79 Å². The number of carbonyl (C=O) groups is 1. The van der Waals surface area contributed by atoms with Crippen LogP contribution in [0.5, 0.6) is 0 Å². The van der Waals surface area contributed by atoms with Gasteiger partial charge in [0, 0.05) is 5.92 Å². The molecular formula is C7H12BNO. The molecule has 1 heterocycles. The molecule has 0 radical (unpaired) electrons. The minimum atomic E-state index is 0.190. The summed E-state index contributed by atoms with van der Waals surface area (Å²) in [6.07, 6.45) is 1.92. The first-order valence-electron chi connectivity index (χ1n) is 3.58. The van der Waals surface area contributed by atoms with E-state index in [0.717, 1.165) is 18.5 Å². The maximum atomic E-state index is 11.2. The van der Waals surface area contributed by atoms with Gasteiger partial charge in [-0.05, 0) is 18.5 Å². The highest BCUT2D eigenvalue weighted by Gasteiger charge is 2.23. The highest BCUT2D eigenvalue weighted by Crippen LogP contribution is 2.21. The van der Waals surface area contributed by atoms with Crippen molar-refractivity contribution in [2.75, 3.05) is 0 Å². The molecule has 0 aliphatic carbocycles. The zero-order valence-corrected chi connectivity index (χ0v) is 6.55. The fraction of sp³-hybridized carbons (Fsp3) is 0.571. The number of carbonyl (C=O) groups excluding carboxylic acids is 1. The Balaban J connectivity index is 2.70. The lowest BCUT2D eigenvalue weighted by Crippen LogP contribution is -2.36. The predicted molar refractivity (Wildman–Crippen MR) is 42.9 cm³/mol. The Morgan fingerprint density at radius 3 is 2.90 bits per heavy atom. The number of amides is 1. The van der Waals surface area contributed by atoms with Gasteiger partial charge in [0.1, 0.15) is 0 Å². The van der Waals surface area contributed by atoms with E-state index in [1.807, 2.05) is 6.92 Å². The van der Waals surface area contributed by atoms with Crippen LogP contribution in [0, 0.1) is 5.92 Å². The first-order chi connectivity index (χ1) is 4.63. The van der Waals surface area contributed by atoms with Crippen molar-refractivity contribution in [2.24, 2.45) is 5.92 Å². The molecule has 54 valence electrons. The summed E-state index contributed by atoms with van der Waals surface area (Å²) in [5.74, 6) is 0.395. The van der Waals surface area contributed by atoms with Gasteiger partial charge in [0.2, 0.25) is 13.9 Å². The Labute approximate surface area is 62.3 Å². The van der Waals surface area contributed by atoms with Gasteiger partial charge in [-0.15, -0.1) is 0 Å². The van der Waals surface area contributed by atoms with Gasteiger partial charge in [-0.1, -0.05) is 13.5 Å². The van der Waals surface area contributed by atoms with Crippen molar-refractivity contribution in [1.82, 2.24) is 4.81 Å². The van der Waals surface area contributed by atoms with Gasteiger partial charge < -0.3 is 4.81 Å². The molecule has 0 N–H and O–H groups in total. The van der Waals surface area contributed by atoms with Crippen LogP contribution in [0.1, 0.15) is 19.8 Å². The number of hydrogen-bond donors (Lipinski definition) is 0. The van der Waals surface area contributed by atoms with E-state index < -0.39 is 0 Å². The van der Waals surface area contributed by atoms with E-state index >= 15 is 0 Å². The van der Waals surface area contributed by atoms with Gasteiger partial charge >= 0.3 is 0 Å². The summed E-state index contributed by atoms with van der Waals surface area (Å²) >= 11 is 0. The van der Waals surface area contributed by atoms with Gasteiger partial charge in [-0.25, -0.2) is 0 Å². The van der Waals surface area contributed by atoms with E-state index in [1.165, 1.54) is 0 Å². The molecule has 0 aromatic carbocycles. The topological polar surface area (TPSA) is 20.3 Å². The quantitative estimate of drug-likeness (QED) is 0.440. The highest BCUT2D eigenvalue weighted by molar-refractivity contribution is 6.16. The van der Waals surface area contributed by atoms with Crippen LogP contribution in [-0.4, -0.2) is 18.7 Å². The Bertz CT molecular complexity index is 178. The van der Waals surface area contributed by atoms with Crippen LogP contribution in [0.15, 0.2) is 12.3 Å². The Morgan fingerprint density at radius 1 is 1.80 bits per heavy atom. The first kappa shape index (κ1) is 7.38. The Morgan fingerprint density at radius 2 is 2.40 bits per heavy atom. The van der Waals surface area contributed by atoms with Gasteiger partial charge in [0.15, 0.2) is 0 Å². The predicted octanol–water partition coefficient (Wildman–Crippen LogP) is 0.307. The molecule has 1 unspecified atom stereocenters. The molecule has 10 heavy (non-hydrogen) atoms. The van der Waals surface area contributed by atoms with E-state index in [0.29, 0.717) is 0 Å². The lowest BCUT2D eigenvalue weighted by Gasteiger charge is -2.29. The molecule has 1 aliphatic rings. The molecule has 0 saturated carbocycles. The molecular weight excluding hydrogens is 125 g/mol. The fourth-order valence-corrected chi connectivity index (χ4v) is 1.16. The van der Waals surface area contributed by atoms with Crippen molar-refractivity contribution in [1.29, 1.82) is 0 Å². The van der Waals surface area contributed by atoms with Crippen molar-refractivity contribution >= 4 is 13.9 Å². The van der Waals surface area contributed by atoms with Crippen molar-refractivity contribution in [3.05, 3.63) is 12.3 Å². The summed E-state index contributed by atoms with van der Waals surface area (Å²) in [5, 5.41) is 0. The lowest BCUT2D eigenvalue weighted by atomic mass is 9.95. The van der Waals surface area contributed by atoms with Crippen molar-refractivity contribution in [3.63, 3.8) is 0 Å². The molecule has 1 rings (SSSR count). The number of rotatable bonds is 0. The van der Waals surface area contributed by atoms with Crippen LogP contribution in [0.4, 0.5) is 0 Å². The molecule has 2 nitrogen and oxygen atoms in total. The van der Waals surface area contributed by atoms with Crippen LogP contribution in [0.2, 0.25) is 0 Å². The standard InChI is InChI=1S/C7H12BNO/c1-5-3-4-6(2)9(8)7(5)10/h5H,2-4,8H2,1H3. The minimum Gasteiger partial charge on any atom is -0.369 e. The van der Waals surface area contributed by atoms with E-state index in [1.54, 1.807) is 12.8 Å². The van der Waals surface area contributed by atoms with Crippen LogP contribution < -0.4 is 0 Å². The molecule has 1 fully saturated rings. The highest BCUT2D eigenvalue weighted by atomic mass is 16.2. The molecule has 3 heteroatoms. The van der Waals surface area contributed by atoms with Crippen LogP contribution in [0.3, 0.4) is 0 Å². The molecule has 0 aromatic rings. The first-order valence-corrected chi connectivity index (χ1v) is 3.58. The van der Waals surface area contributed by atoms with Crippen LogP contribution >= 0.6 is 0 Å². The van der Waals surface area contributed by atoms with Crippen LogP contribution in [0.25, 0.3) is 0 Å². The van der Waals surface area contributed by atoms with E-state index in [2.05, 4.69) is 6.58 Å². The second-order valence-corrected chi connectivity index (χ2v) is 2.90. The maximum absolute atomic E-state index is 11.2. The number of nitrogens with zero attached hydrogens (tertiary/aromatic N) is 1. The average Bonchev–Trinajstić information content (AvgIpc) is 1.93. The number of allylic oxidation sites excluding steroid dienone is 1. The number of hydrogen-bond acceptors (Lipinski definition) is 1. The van der Waals surface area contributed by atoms with E-state index in [9.17, 15) is 4.79 Å². The zero-order chi connectivity index (χ0) is 7.72. The normalized spacial score (nSPS) is 27.3. The molecule has 1 atom stereocenters. The zero-order valence-electron chi connectivity index (χ0n) is 6.55. The molecule has 0 spiro atoms. The van der Waals surface area contributed by atoms with Gasteiger partial charge in [0.05, 0.1) is 0 Å². The molecule has 1 aliphatic heterocycles. The molecule has 0 bridgehead atoms. The fourth-order valence-electron chi connectivity index (χ4n) is 1.16. The smallest absolute Gasteiger partial charge is 0.227 e. The summed E-state index contributed by atoms with van der Waals surface area (Å²) in [7, 11) is 1.79. The van der Waals surface area contributed by atoms with Gasteiger partial charge in [-0.2, -0.15) is 0 Å². The largest absolute Gasteiger partial charge is 0.369 e. The SMILES string of the molecule is BN1C(=C)CCC(C)C1=O. The van der Waals surface area contributed by atoms with Crippen molar-refractivity contribution in [2.45, 2.75) is 19.8 Å². The van der Waals surface area contributed by atoms with E-state index in [4.69, 9.17) is 0 Å². The Kier molecular flexibility index (Phi) is 1.83. The third-order valence-electron chi connectivity index (χ3n) is 2.09. The van der Waals surface area contributed by atoms with Gasteiger partial charge in [0.25, 0.3) is 0 Å². The molecule has 0 aromatic heterocycles. The third-order valence-corrected chi connectivity index (χ3v) is 2.09. The average molecular weight is 137 g/mol. The lowest BCUT2D eigenvalue weighted by molar-refractivity contribution is -0.130. The van der Waals surface area contributed by atoms with E-state index in [-0.39, 0.29) is 11.8 Å². The Hall–Kier alpha value is -0.725. The summed E-state index contributed by atoms with van der Waals surface area (Å²) in [4.78, 5) is 12.9. The second-order valence-electron chi connectivity index (χ2n) is 2.90.